The number of alkyl carbamates (subject to hydrolysis) is 1. The Labute approximate surface area is 769 Å². The number of pyridine rings is 1. The van der Waals surface area contributed by atoms with Crippen LogP contribution in [-0.2, 0) is 57.5 Å². The lowest BCUT2D eigenvalue weighted by molar-refractivity contribution is 0.0525. The van der Waals surface area contributed by atoms with Gasteiger partial charge in [-0.1, -0.05) is 224 Å². The van der Waals surface area contributed by atoms with Crippen LogP contribution < -0.4 is 81.4 Å². The van der Waals surface area contributed by atoms with Crippen molar-refractivity contribution in [3.8, 4) is 34.5 Å². The van der Waals surface area contributed by atoms with E-state index in [2.05, 4.69) is 57.2 Å². The molecule has 28 nitrogen and oxygen atoms in total. The number of nitrogens with zero attached hydrogens (tertiary/aromatic N) is 4. The molecule has 0 spiro atoms. The predicted octanol–water partition coefficient (Wildman–Crippen LogP) is 12.5. The maximum atomic E-state index is 15.5. The molecule has 8 bridgehead atoms. The second-order valence-corrected chi connectivity index (χ2v) is 33.1. The van der Waals surface area contributed by atoms with Gasteiger partial charge >= 0.3 is 6.09 Å². The van der Waals surface area contributed by atoms with Gasteiger partial charge in [0, 0.05) is 129 Å². The average Bonchev–Trinajstić information content (AvgIpc) is 0.800. The minimum atomic E-state index is -0.750. The van der Waals surface area contributed by atoms with E-state index in [0.717, 1.165) is 43.7 Å². The molecule has 11 aromatic rings. The molecule has 0 saturated heterocycles. The third kappa shape index (κ3) is 29.1. The van der Waals surface area contributed by atoms with Crippen LogP contribution in [-0.4, -0.2) is 177 Å². The molecule has 0 fully saturated rings. The van der Waals surface area contributed by atoms with Gasteiger partial charge in [-0.15, -0.1) is 4.73 Å². The zero-order chi connectivity index (χ0) is 92.1. The van der Waals surface area contributed by atoms with E-state index in [1.54, 1.807) is 51.1 Å². The van der Waals surface area contributed by atoms with Crippen molar-refractivity contribution in [2.24, 2.45) is 0 Å². The summed E-state index contributed by atoms with van der Waals surface area (Å²) >= 11 is 0. The van der Waals surface area contributed by atoms with Gasteiger partial charge < -0.3 is 80.5 Å². The summed E-state index contributed by atoms with van der Waals surface area (Å²) in [7, 11) is 0. The Morgan fingerprint density at radius 1 is 0.356 bits per heavy atom. The number of ether oxygens (including phenoxy) is 7. The molecule has 7 amide bonds. The average molecular weight is 1790 g/mol. The van der Waals surface area contributed by atoms with Gasteiger partial charge in [0.25, 0.3) is 41.0 Å². The molecular weight excluding hydrogens is 1670 g/mol. The first kappa shape index (κ1) is 95.3. The van der Waals surface area contributed by atoms with Crippen LogP contribution in [0.4, 0.5) is 4.79 Å². The number of carbonyl (C=O) groups is 7. The molecule has 132 heavy (non-hydrogen) atoms. The van der Waals surface area contributed by atoms with Gasteiger partial charge in [-0.3, -0.25) is 48.3 Å². The number of carbonyl (C=O) groups excluding carboxylic acids is 7. The van der Waals surface area contributed by atoms with Crippen LogP contribution in [0, 0.1) is 0 Å². The first-order valence-electron chi connectivity index (χ1n) is 44.9. The van der Waals surface area contributed by atoms with E-state index in [4.69, 9.17) is 38.0 Å². The second kappa shape index (κ2) is 49.5. The summed E-state index contributed by atoms with van der Waals surface area (Å²) in [6.07, 6.45) is 0.691. The summed E-state index contributed by atoms with van der Waals surface area (Å²) in [6.45, 7) is 8.38. The summed E-state index contributed by atoms with van der Waals surface area (Å²) in [4.78, 5) is 131. The van der Waals surface area contributed by atoms with Gasteiger partial charge in [-0.2, -0.15) is 0 Å². The number of benzene rings is 10. The Kier molecular flexibility index (Phi) is 35.7. The fourth-order valence-corrected chi connectivity index (χ4v) is 15.1. The van der Waals surface area contributed by atoms with E-state index in [-0.39, 0.29) is 207 Å². The minimum Gasteiger partial charge on any atom is -0.485 e. The van der Waals surface area contributed by atoms with E-state index in [0.29, 0.717) is 43.7 Å². The van der Waals surface area contributed by atoms with Crippen LogP contribution in [0.2, 0.25) is 0 Å². The Bertz CT molecular complexity index is 5470. The van der Waals surface area contributed by atoms with Crippen molar-refractivity contribution in [2.45, 2.75) is 104 Å². The molecule has 688 valence electrons. The van der Waals surface area contributed by atoms with E-state index < -0.39 is 58.7 Å². The van der Waals surface area contributed by atoms with Crippen molar-refractivity contribution in [1.82, 2.24) is 62.0 Å². The molecule has 0 radical (unpaired) electrons. The number of aromatic nitrogens is 1. The van der Waals surface area contributed by atoms with E-state index >= 15 is 28.8 Å². The van der Waals surface area contributed by atoms with E-state index in [9.17, 15) is 9.59 Å². The molecule has 1 unspecified atom stereocenters. The predicted molar refractivity (Wildman–Crippen MR) is 503 cm³/mol. The van der Waals surface area contributed by atoms with Gasteiger partial charge in [-0.05, 0) is 115 Å². The quantitative estimate of drug-likeness (QED) is 0.0194. The second-order valence-electron chi connectivity index (χ2n) is 33.1. The monoisotopic (exact) mass is 1790 g/mol. The lowest BCUT2D eigenvalue weighted by Gasteiger charge is -2.31. The molecule has 0 saturated carbocycles. The first-order chi connectivity index (χ1) is 64.4. The summed E-state index contributed by atoms with van der Waals surface area (Å²) in [6, 6.07) is 79.7. The highest BCUT2D eigenvalue weighted by atomic mass is 16.7. The molecule has 8 N–H and O–H groups in total. The number of hydrogen-bond donors (Lipinski definition) is 8. The summed E-state index contributed by atoms with van der Waals surface area (Å²) in [5, 5.41) is 25.6. The highest BCUT2D eigenvalue weighted by Crippen LogP contribution is 2.41. The fourth-order valence-electron chi connectivity index (χ4n) is 15.1. The minimum absolute atomic E-state index is 0.00416. The van der Waals surface area contributed by atoms with Crippen molar-refractivity contribution in [1.29, 1.82) is 0 Å². The van der Waals surface area contributed by atoms with E-state index in [1.807, 2.05) is 218 Å². The lowest BCUT2D eigenvalue weighted by atomic mass is 10.1. The molecule has 3 aliphatic heterocycles. The molecule has 14 rings (SSSR count). The number of nitrogens with one attached hydrogen (secondary N) is 8. The molecule has 10 aromatic carbocycles. The number of rotatable bonds is 30. The van der Waals surface area contributed by atoms with Crippen LogP contribution in [0.3, 0.4) is 0 Å². The lowest BCUT2D eigenvalue weighted by Crippen LogP contribution is -2.49. The smallest absolute Gasteiger partial charge is 0.407 e. The molecule has 3 aliphatic rings. The van der Waals surface area contributed by atoms with Crippen molar-refractivity contribution in [3.63, 3.8) is 0 Å². The Balaban J connectivity index is 0.924. The number of fused-ring (bicyclic) bond motifs is 21. The van der Waals surface area contributed by atoms with Gasteiger partial charge in [0.15, 0.2) is 34.5 Å². The molecule has 1 atom stereocenters. The fraction of sp³-hybridized carbons (Fsp3) is 0.308. The normalized spacial score (nSPS) is 15.5. The summed E-state index contributed by atoms with van der Waals surface area (Å²) in [5.41, 5.74) is 5.41. The molecular formula is C104H116N12O16. The molecule has 28 heteroatoms. The van der Waals surface area contributed by atoms with E-state index in [1.165, 1.54) is 18.2 Å². The number of unbranched alkanes of at least 4 members (excludes halogenated alkanes) is 1. The highest BCUT2D eigenvalue weighted by molar-refractivity contribution is 6.04. The Morgan fingerprint density at radius 2 is 0.689 bits per heavy atom. The highest BCUT2D eigenvalue weighted by Gasteiger charge is 2.31. The van der Waals surface area contributed by atoms with Crippen molar-refractivity contribution < 1.29 is 71.6 Å². The molecule has 1 aromatic heterocycles. The van der Waals surface area contributed by atoms with Crippen LogP contribution in [0.25, 0.3) is 0 Å². The maximum absolute atomic E-state index is 15.5. The van der Waals surface area contributed by atoms with Crippen molar-refractivity contribution in [3.05, 3.63) is 355 Å². The van der Waals surface area contributed by atoms with Gasteiger partial charge in [-0.25, -0.2) is 4.79 Å². The van der Waals surface area contributed by atoms with Crippen molar-refractivity contribution in [2.75, 3.05) is 105 Å². The topological polar surface area (TPSA) is 321 Å². The molecule has 0 aliphatic carbocycles. The Morgan fingerprint density at radius 3 is 1.07 bits per heavy atom. The number of amides is 7. The van der Waals surface area contributed by atoms with Crippen LogP contribution in [0.15, 0.2) is 272 Å². The Hall–Kier alpha value is -14.3. The standard InChI is InChI=1S/C104H116N12O16/c1-104(2,3)132-103(124)111-51-26-25-42-83(112-102(123)89-43-27-44-90(117)116(89)131-74-81-40-23-10-24-41-81)67-115-63-57-110-97(118)84-46-45-82(91(125-68-75-28-11-4-12-29-75)92(84)126-69-76-30-13-5-14-31-76)66-105-52-58-113-59-53-106-98(119)85-47-49-87(95(129-72-79-36-19-8-20-37-79)93(85)127-70-77-32-15-6-16-33-77)100(121)108-55-61-114(64-65-115)62-56-109-101(122)88-50-48-86(99(120)107-54-60-113)94(128-71-78-34-17-7-18-35-78)96(88)130-73-80-38-21-9-22-39-80/h4-24,27-41,43-50,83,105H,25-26,42,51-74H2,1-3H3,(H,106,119)(H,107,120)(H,108,121)(H,109,122)(H,110,118)(H,111,124)(H,112,123). The van der Waals surface area contributed by atoms with Gasteiger partial charge in [0.2, 0.25) is 0 Å². The van der Waals surface area contributed by atoms with Gasteiger partial charge in [0.05, 0.1) is 27.8 Å². The zero-order valence-electron chi connectivity index (χ0n) is 74.9. The SMILES string of the molecule is CC(C)(C)OC(=O)NCCCCC(CN1CCNC(=O)c2ccc(c(OCc3ccccc3)c2OCc2ccccc2)CNCCN2CCNC(=O)c3ccc(c(OCc4ccccc4)c3OCc3ccccc3)C(=O)NCCN(CCNC(=O)c3ccc(c(OCc4ccccc4)c3OCc3ccccc3)C(=O)NCC2)CC1)NC(=O)c1cccc(=O)n1OCc1ccccc1. The largest absolute Gasteiger partial charge is 0.485 e. The van der Waals surface area contributed by atoms with Crippen molar-refractivity contribution >= 4 is 41.5 Å². The summed E-state index contributed by atoms with van der Waals surface area (Å²) in [5.74, 6) is -2.58. The van der Waals surface area contributed by atoms with Crippen LogP contribution in [0.1, 0.15) is 147 Å². The third-order valence-corrected chi connectivity index (χ3v) is 22.0. The zero-order valence-corrected chi connectivity index (χ0v) is 74.9. The summed E-state index contributed by atoms with van der Waals surface area (Å²) < 4.78 is 47.3. The van der Waals surface area contributed by atoms with Crippen LogP contribution >= 0.6 is 0 Å². The molecule has 4 heterocycles. The van der Waals surface area contributed by atoms with Gasteiger partial charge in [0.1, 0.15) is 57.5 Å². The van der Waals surface area contributed by atoms with Crippen LogP contribution in [0.5, 0.6) is 34.5 Å². The number of hydrogen-bond acceptors (Lipinski definition) is 20. The maximum Gasteiger partial charge on any atom is 0.407 e. The first-order valence-corrected chi connectivity index (χ1v) is 44.9. The third-order valence-electron chi connectivity index (χ3n) is 22.0.